The fourth-order valence-electron chi connectivity index (χ4n) is 1.39. The van der Waals surface area contributed by atoms with Crippen molar-refractivity contribution >= 4 is 5.69 Å². The zero-order valence-electron chi connectivity index (χ0n) is 9.29. The summed E-state index contributed by atoms with van der Waals surface area (Å²) in [5.41, 5.74) is 6.60. The normalized spacial score (nSPS) is 10.3. The van der Waals surface area contributed by atoms with Crippen molar-refractivity contribution in [1.82, 2.24) is 5.48 Å². The molecule has 0 aromatic heterocycles. The van der Waals surface area contributed by atoms with Crippen LogP contribution in [0.2, 0.25) is 0 Å². The van der Waals surface area contributed by atoms with Crippen LogP contribution in [0, 0.1) is 6.92 Å². The summed E-state index contributed by atoms with van der Waals surface area (Å²) < 4.78 is 0. The number of hydrogen-bond acceptors (Lipinski definition) is 3. The standard InChI is InChI=1S/C11H18N2O/c1-9-5-6-10(8-12-14-4)11(7-9)13(2)3/h5-7,12H,8H2,1-4H3. The third kappa shape index (κ3) is 2.72. The van der Waals surface area contributed by atoms with Gasteiger partial charge < -0.3 is 9.74 Å². The van der Waals surface area contributed by atoms with Crippen molar-refractivity contribution in [2.75, 3.05) is 26.1 Å². The van der Waals surface area contributed by atoms with E-state index in [1.165, 1.54) is 16.8 Å². The van der Waals surface area contributed by atoms with E-state index in [9.17, 15) is 0 Å². The van der Waals surface area contributed by atoms with E-state index in [2.05, 4.69) is 35.5 Å². The van der Waals surface area contributed by atoms with Gasteiger partial charge in [0.25, 0.3) is 0 Å². The van der Waals surface area contributed by atoms with E-state index in [-0.39, 0.29) is 0 Å². The van der Waals surface area contributed by atoms with Crippen LogP contribution >= 0.6 is 0 Å². The Hall–Kier alpha value is -1.06. The average Bonchev–Trinajstić information content (AvgIpc) is 2.15. The Morgan fingerprint density at radius 3 is 2.64 bits per heavy atom. The molecule has 14 heavy (non-hydrogen) atoms. The van der Waals surface area contributed by atoms with Crippen LogP contribution in [-0.4, -0.2) is 21.2 Å². The molecular formula is C11H18N2O. The van der Waals surface area contributed by atoms with Crippen LogP contribution in [0.15, 0.2) is 18.2 Å². The minimum atomic E-state index is 0.726. The van der Waals surface area contributed by atoms with E-state index < -0.39 is 0 Å². The first-order chi connectivity index (χ1) is 6.65. The van der Waals surface area contributed by atoms with E-state index in [4.69, 9.17) is 4.84 Å². The molecule has 0 aliphatic rings. The van der Waals surface area contributed by atoms with Crippen molar-refractivity contribution < 1.29 is 4.84 Å². The number of hydrogen-bond donors (Lipinski definition) is 1. The van der Waals surface area contributed by atoms with Gasteiger partial charge in [-0.3, -0.25) is 0 Å². The first-order valence-corrected chi connectivity index (χ1v) is 4.68. The summed E-state index contributed by atoms with van der Waals surface area (Å²) in [5.74, 6) is 0. The zero-order chi connectivity index (χ0) is 10.6. The molecule has 0 unspecified atom stereocenters. The van der Waals surface area contributed by atoms with Gasteiger partial charge in [-0.25, -0.2) is 0 Å². The number of rotatable bonds is 4. The summed E-state index contributed by atoms with van der Waals surface area (Å²) in [5, 5.41) is 0. The average molecular weight is 194 g/mol. The minimum Gasteiger partial charge on any atom is -0.377 e. The summed E-state index contributed by atoms with van der Waals surface area (Å²) in [4.78, 5) is 6.95. The molecule has 0 aliphatic carbocycles. The smallest absolute Gasteiger partial charge is 0.0572 e. The SMILES string of the molecule is CONCc1ccc(C)cc1N(C)C. The Morgan fingerprint density at radius 1 is 1.36 bits per heavy atom. The predicted molar refractivity (Wildman–Crippen MR) is 59.4 cm³/mol. The molecule has 1 aromatic carbocycles. The lowest BCUT2D eigenvalue weighted by molar-refractivity contribution is 0.0868. The molecule has 0 aliphatic heterocycles. The maximum Gasteiger partial charge on any atom is 0.0572 e. The van der Waals surface area contributed by atoms with Gasteiger partial charge in [0.1, 0.15) is 0 Å². The molecule has 0 heterocycles. The summed E-state index contributed by atoms with van der Waals surface area (Å²) in [6.07, 6.45) is 0. The Bertz CT molecular complexity index is 297. The molecule has 0 bridgehead atoms. The molecule has 0 spiro atoms. The van der Waals surface area contributed by atoms with Crippen LogP contribution in [-0.2, 0) is 11.4 Å². The topological polar surface area (TPSA) is 24.5 Å². The van der Waals surface area contributed by atoms with E-state index in [0.29, 0.717) is 0 Å². The molecule has 0 saturated heterocycles. The fraction of sp³-hybridized carbons (Fsp3) is 0.455. The number of hydroxylamine groups is 1. The van der Waals surface area contributed by atoms with Crippen LogP contribution in [0.3, 0.4) is 0 Å². The molecule has 0 fully saturated rings. The molecular weight excluding hydrogens is 176 g/mol. The minimum absolute atomic E-state index is 0.726. The molecule has 78 valence electrons. The van der Waals surface area contributed by atoms with Gasteiger partial charge in [0, 0.05) is 26.3 Å². The van der Waals surface area contributed by atoms with Crippen molar-refractivity contribution in [3.63, 3.8) is 0 Å². The van der Waals surface area contributed by atoms with Gasteiger partial charge in [-0.15, -0.1) is 0 Å². The van der Waals surface area contributed by atoms with Gasteiger partial charge in [0.2, 0.25) is 0 Å². The second-order valence-electron chi connectivity index (χ2n) is 3.55. The van der Waals surface area contributed by atoms with Gasteiger partial charge in [-0.1, -0.05) is 12.1 Å². The molecule has 0 amide bonds. The van der Waals surface area contributed by atoms with Crippen LogP contribution in [0.1, 0.15) is 11.1 Å². The quantitative estimate of drug-likeness (QED) is 0.738. The molecule has 3 heteroatoms. The highest BCUT2D eigenvalue weighted by molar-refractivity contribution is 5.54. The number of nitrogens with one attached hydrogen (secondary N) is 1. The van der Waals surface area contributed by atoms with Gasteiger partial charge in [-0.2, -0.15) is 5.48 Å². The monoisotopic (exact) mass is 194 g/mol. The molecule has 1 rings (SSSR count). The summed E-state index contributed by atoms with van der Waals surface area (Å²) in [7, 11) is 5.72. The highest BCUT2D eigenvalue weighted by Crippen LogP contribution is 2.19. The number of anilines is 1. The van der Waals surface area contributed by atoms with E-state index in [1.54, 1.807) is 7.11 Å². The highest BCUT2D eigenvalue weighted by atomic mass is 16.6. The van der Waals surface area contributed by atoms with Crippen LogP contribution in [0.5, 0.6) is 0 Å². The van der Waals surface area contributed by atoms with Gasteiger partial charge in [-0.05, 0) is 24.1 Å². The van der Waals surface area contributed by atoms with Crippen molar-refractivity contribution in [3.05, 3.63) is 29.3 Å². The predicted octanol–water partition coefficient (Wildman–Crippen LogP) is 1.71. The maximum absolute atomic E-state index is 4.84. The Balaban J connectivity index is 2.90. The number of aryl methyl sites for hydroxylation is 1. The van der Waals surface area contributed by atoms with Gasteiger partial charge in [0.05, 0.1) is 7.11 Å². The second kappa shape index (κ2) is 4.98. The van der Waals surface area contributed by atoms with E-state index in [0.717, 1.165) is 6.54 Å². The molecule has 0 atom stereocenters. The first-order valence-electron chi connectivity index (χ1n) is 4.68. The van der Waals surface area contributed by atoms with Crippen molar-refractivity contribution in [1.29, 1.82) is 0 Å². The summed E-state index contributed by atoms with van der Waals surface area (Å²) in [6, 6.07) is 6.41. The lowest BCUT2D eigenvalue weighted by Crippen LogP contribution is -2.16. The summed E-state index contributed by atoms with van der Waals surface area (Å²) >= 11 is 0. The number of nitrogens with zero attached hydrogens (tertiary/aromatic N) is 1. The molecule has 1 N–H and O–H groups in total. The Kier molecular flexibility index (Phi) is 3.92. The molecule has 3 nitrogen and oxygen atoms in total. The number of benzene rings is 1. The van der Waals surface area contributed by atoms with E-state index in [1.807, 2.05) is 14.1 Å². The third-order valence-corrected chi connectivity index (χ3v) is 2.13. The second-order valence-corrected chi connectivity index (χ2v) is 3.55. The van der Waals surface area contributed by atoms with Crippen molar-refractivity contribution in [3.8, 4) is 0 Å². The van der Waals surface area contributed by atoms with Crippen molar-refractivity contribution in [2.45, 2.75) is 13.5 Å². The molecule has 0 radical (unpaired) electrons. The zero-order valence-corrected chi connectivity index (χ0v) is 9.29. The van der Waals surface area contributed by atoms with Gasteiger partial charge in [0.15, 0.2) is 0 Å². The van der Waals surface area contributed by atoms with Gasteiger partial charge >= 0.3 is 0 Å². The largest absolute Gasteiger partial charge is 0.377 e. The Labute approximate surface area is 85.6 Å². The highest BCUT2D eigenvalue weighted by Gasteiger charge is 2.03. The molecule has 0 saturated carbocycles. The van der Waals surface area contributed by atoms with Crippen LogP contribution in [0.4, 0.5) is 5.69 Å². The van der Waals surface area contributed by atoms with E-state index >= 15 is 0 Å². The fourth-order valence-corrected chi connectivity index (χ4v) is 1.39. The first kappa shape index (κ1) is 11.0. The van der Waals surface area contributed by atoms with Crippen molar-refractivity contribution in [2.24, 2.45) is 0 Å². The Morgan fingerprint density at radius 2 is 2.07 bits per heavy atom. The summed E-state index contributed by atoms with van der Waals surface area (Å²) in [6.45, 7) is 2.82. The van der Waals surface area contributed by atoms with Crippen LogP contribution < -0.4 is 10.4 Å². The van der Waals surface area contributed by atoms with Crippen LogP contribution in [0.25, 0.3) is 0 Å². The maximum atomic E-state index is 4.84. The lowest BCUT2D eigenvalue weighted by Gasteiger charge is -2.18. The molecule has 1 aromatic rings. The third-order valence-electron chi connectivity index (χ3n) is 2.13. The lowest BCUT2D eigenvalue weighted by atomic mass is 10.1.